The maximum absolute atomic E-state index is 12.5. The lowest BCUT2D eigenvalue weighted by Gasteiger charge is -2.24. The smallest absolute Gasteiger partial charge is 0.291 e. The molecule has 3 atom stereocenters. The van der Waals surface area contributed by atoms with Crippen LogP contribution in [0.25, 0.3) is 0 Å². The number of halogens is 1. The summed E-state index contributed by atoms with van der Waals surface area (Å²) in [5, 5.41) is 9.21. The minimum Gasteiger partial charge on any atom is -0.459 e. The van der Waals surface area contributed by atoms with Crippen LogP contribution >= 0.6 is 12.4 Å². The predicted octanol–water partition coefficient (Wildman–Crippen LogP) is 3.81. The molecule has 1 aliphatic heterocycles. The molecule has 7 heteroatoms. The van der Waals surface area contributed by atoms with Crippen LogP contribution < -0.4 is 16.0 Å². The van der Waals surface area contributed by atoms with E-state index < -0.39 is 0 Å². The summed E-state index contributed by atoms with van der Waals surface area (Å²) in [7, 11) is 0. The van der Waals surface area contributed by atoms with Gasteiger partial charge in [-0.1, -0.05) is 12.8 Å². The third-order valence-corrected chi connectivity index (χ3v) is 5.33. The molecule has 6 nitrogen and oxygen atoms in total. The van der Waals surface area contributed by atoms with Crippen molar-refractivity contribution < 1.29 is 14.0 Å². The first-order valence-corrected chi connectivity index (χ1v) is 9.21. The van der Waals surface area contributed by atoms with E-state index in [0.717, 1.165) is 12.1 Å². The number of rotatable bonds is 4. The van der Waals surface area contributed by atoms with Gasteiger partial charge in [0.2, 0.25) is 5.91 Å². The number of fused-ring (bicyclic) bond motifs is 1. The highest BCUT2D eigenvalue weighted by Gasteiger charge is 2.38. The number of benzene rings is 1. The first-order chi connectivity index (χ1) is 12.7. The Labute approximate surface area is 164 Å². The zero-order chi connectivity index (χ0) is 17.9. The van der Waals surface area contributed by atoms with Crippen LogP contribution in [0.3, 0.4) is 0 Å². The lowest BCUT2D eigenvalue weighted by Crippen LogP contribution is -2.39. The Balaban J connectivity index is 0.00000210. The van der Waals surface area contributed by atoms with Gasteiger partial charge in [-0.25, -0.2) is 0 Å². The van der Waals surface area contributed by atoms with Gasteiger partial charge in [0, 0.05) is 17.4 Å². The van der Waals surface area contributed by atoms with E-state index in [4.69, 9.17) is 4.42 Å². The highest BCUT2D eigenvalue weighted by molar-refractivity contribution is 6.02. The number of carbonyl (C=O) groups is 2. The lowest BCUT2D eigenvalue weighted by atomic mass is 9.85. The summed E-state index contributed by atoms with van der Waals surface area (Å²) in [5.41, 5.74) is 1.37. The van der Waals surface area contributed by atoms with Crippen molar-refractivity contribution in [3.8, 4) is 0 Å². The number of anilines is 2. The van der Waals surface area contributed by atoms with E-state index in [-0.39, 0.29) is 36.0 Å². The zero-order valence-electron chi connectivity index (χ0n) is 14.9. The van der Waals surface area contributed by atoms with Crippen molar-refractivity contribution in [1.29, 1.82) is 0 Å². The molecule has 1 aromatic heterocycles. The Morgan fingerprint density at radius 1 is 1.00 bits per heavy atom. The highest BCUT2D eigenvalue weighted by atomic mass is 35.5. The van der Waals surface area contributed by atoms with E-state index in [0.29, 0.717) is 17.6 Å². The first-order valence-electron chi connectivity index (χ1n) is 9.21. The summed E-state index contributed by atoms with van der Waals surface area (Å²) >= 11 is 0. The number of hydrogen-bond acceptors (Lipinski definition) is 4. The molecule has 1 saturated carbocycles. The minimum atomic E-state index is -0.301. The molecule has 0 radical (unpaired) electrons. The second-order valence-electron chi connectivity index (χ2n) is 7.10. The monoisotopic (exact) mass is 389 g/mol. The molecule has 144 valence electrons. The van der Waals surface area contributed by atoms with Crippen LogP contribution in [-0.2, 0) is 4.79 Å². The van der Waals surface area contributed by atoms with E-state index in [1.165, 1.54) is 31.9 Å². The summed E-state index contributed by atoms with van der Waals surface area (Å²) < 4.78 is 5.06. The van der Waals surface area contributed by atoms with Gasteiger partial charge < -0.3 is 20.4 Å². The third-order valence-electron chi connectivity index (χ3n) is 5.33. The Morgan fingerprint density at radius 2 is 1.70 bits per heavy atom. The molecule has 2 amide bonds. The molecule has 0 bridgehead atoms. The fourth-order valence-electron chi connectivity index (χ4n) is 3.99. The summed E-state index contributed by atoms with van der Waals surface area (Å²) in [6, 6.07) is 10.8. The minimum absolute atomic E-state index is 0. The molecule has 2 aromatic rings. The average Bonchev–Trinajstić information content (AvgIpc) is 3.33. The van der Waals surface area contributed by atoms with Gasteiger partial charge >= 0.3 is 0 Å². The maximum atomic E-state index is 12.5. The second-order valence-corrected chi connectivity index (χ2v) is 7.10. The van der Waals surface area contributed by atoms with E-state index in [1.54, 1.807) is 36.4 Å². The SMILES string of the molecule is Cl.O=C(Nc1ccc(NC(=O)C2CC3CCCCC3N2)cc1)c1ccco1. The van der Waals surface area contributed by atoms with Crippen molar-refractivity contribution in [3.05, 3.63) is 48.4 Å². The van der Waals surface area contributed by atoms with Crippen molar-refractivity contribution in [3.63, 3.8) is 0 Å². The quantitative estimate of drug-likeness (QED) is 0.742. The van der Waals surface area contributed by atoms with Crippen LogP contribution in [0, 0.1) is 5.92 Å². The summed E-state index contributed by atoms with van der Waals surface area (Å²) in [6.07, 6.45) is 7.33. The molecule has 1 aromatic carbocycles. The zero-order valence-corrected chi connectivity index (χ0v) is 15.8. The van der Waals surface area contributed by atoms with Gasteiger partial charge in [-0.2, -0.15) is 0 Å². The van der Waals surface area contributed by atoms with Crippen LogP contribution in [-0.4, -0.2) is 23.9 Å². The summed E-state index contributed by atoms with van der Waals surface area (Å²) in [5.74, 6) is 0.617. The van der Waals surface area contributed by atoms with Gasteiger partial charge in [0.05, 0.1) is 12.3 Å². The second kappa shape index (κ2) is 8.59. The predicted molar refractivity (Wildman–Crippen MR) is 106 cm³/mol. The van der Waals surface area contributed by atoms with Gasteiger partial charge in [-0.15, -0.1) is 12.4 Å². The van der Waals surface area contributed by atoms with Gasteiger partial charge in [-0.3, -0.25) is 9.59 Å². The summed E-state index contributed by atoms with van der Waals surface area (Å²) in [4.78, 5) is 24.5. The largest absolute Gasteiger partial charge is 0.459 e. The third kappa shape index (κ3) is 4.51. The number of carbonyl (C=O) groups excluding carboxylic acids is 2. The normalized spacial score (nSPS) is 23.8. The van der Waals surface area contributed by atoms with Gasteiger partial charge in [0.25, 0.3) is 5.91 Å². The van der Waals surface area contributed by atoms with Crippen molar-refractivity contribution in [1.82, 2.24) is 5.32 Å². The molecule has 2 aliphatic rings. The fraction of sp³-hybridized carbons (Fsp3) is 0.400. The van der Waals surface area contributed by atoms with Crippen LogP contribution in [0.5, 0.6) is 0 Å². The van der Waals surface area contributed by atoms with E-state index in [9.17, 15) is 9.59 Å². The number of nitrogens with one attached hydrogen (secondary N) is 3. The van der Waals surface area contributed by atoms with Crippen LogP contribution in [0.1, 0.15) is 42.7 Å². The lowest BCUT2D eigenvalue weighted by molar-refractivity contribution is -0.117. The molecular formula is C20H24ClN3O3. The standard InChI is InChI=1S/C20H23N3O3.ClH/c24-19(17-12-13-4-1-2-5-16(13)23-17)21-14-7-9-15(10-8-14)22-20(25)18-6-3-11-26-18;/h3,6-11,13,16-17,23H,1-2,4-5,12H2,(H,21,24)(H,22,25);1H. The molecule has 3 N–H and O–H groups in total. The number of furan rings is 1. The Hall–Kier alpha value is -2.31. The molecule has 0 spiro atoms. The number of hydrogen-bond donors (Lipinski definition) is 3. The van der Waals surface area contributed by atoms with E-state index >= 15 is 0 Å². The highest BCUT2D eigenvalue weighted by Crippen LogP contribution is 2.33. The summed E-state index contributed by atoms with van der Waals surface area (Å²) in [6.45, 7) is 0. The molecule has 2 heterocycles. The molecule has 4 rings (SSSR count). The van der Waals surface area contributed by atoms with Gasteiger partial charge in [0.15, 0.2) is 5.76 Å². The molecule has 2 fully saturated rings. The van der Waals surface area contributed by atoms with Gasteiger partial charge in [0.1, 0.15) is 0 Å². The van der Waals surface area contributed by atoms with Crippen molar-refractivity contribution in [2.75, 3.05) is 10.6 Å². The number of amides is 2. The molecule has 3 unspecified atom stereocenters. The van der Waals surface area contributed by atoms with E-state index in [1.807, 2.05) is 0 Å². The van der Waals surface area contributed by atoms with Crippen LogP contribution in [0.4, 0.5) is 11.4 Å². The average molecular weight is 390 g/mol. The Bertz CT molecular complexity index is 762. The van der Waals surface area contributed by atoms with Crippen molar-refractivity contribution in [2.24, 2.45) is 5.92 Å². The van der Waals surface area contributed by atoms with Crippen LogP contribution in [0.2, 0.25) is 0 Å². The molecule has 1 saturated heterocycles. The molecular weight excluding hydrogens is 366 g/mol. The fourth-order valence-corrected chi connectivity index (χ4v) is 3.99. The van der Waals surface area contributed by atoms with Crippen molar-refractivity contribution in [2.45, 2.75) is 44.2 Å². The van der Waals surface area contributed by atoms with Crippen LogP contribution in [0.15, 0.2) is 47.1 Å². The Kier molecular flexibility index (Phi) is 6.19. The Morgan fingerprint density at radius 3 is 2.37 bits per heavy atom. The molecule has 1 aliphatic carbocycles. The van der Waals surface area contributed by atoms with E-state index in [2.05, 4.69) is 16.0 Å². The van der Waals surface area contributed by atoms with Crippen molar-refractivity contribution >= 4 is 35.6 Å². The molecule has 27 heavy (non-hydrogen) atoms. The topological polar surface area (TPSA) is 83.4 Å². The maximum Gasteiger partial charge on any atom is 0.291 e. The van der Waals surface area contributed by atoms with Gasteiger partial charge in [-0.05, 0) is 61.6 Å². The first kappa shape index (κ1) is 19.5.